The lowest BCUT2D eigenvalue weighted by atomic mass is 10.3. The fourth-order valence-corrected chi connectivity index (χ4v) is 4.12. The van der Waals surface area contributed by atoms with Crippen molar-refractivity contribution in [2.75, 3.05) is 18.4 Å². The van der Waals surface area contributed by atoms with Gasteiger partial charge in [0.2, 0.25) is 15.9 Å². The molecule has 0 saturated heterocycles. The molecule has 1 N–H and O–H groups in total. The Balaban J connectivity index is 2.13. The third-order valence-corrected chi connectivity index (χ3v) is 6.19. The van der Waals surface area contributed by atoms with Crippen LogP contribution in [0.4, 0.5) is 5.69 Å². The summed E-state index contributed by atoms with van der Waals surface area (Å²) in [4.78, 5) is 12.3. The number of carbonyl (C=O) groups excluding carboxylic acids is 1. The maximum Gasteiger partial charge on any atom is 0.243 e. The molecule has 0 fully saturated rings. The van der Waals surface area contributed by atoms with Crippen molar-refractivity contribution in [1.29, 1.82) is 0 Å². The van der Waals surface area contributed by atoms with Crippen LogP contribution in [0.15, 0.2) is 62.4 Å². The van der Waals surface area contributed by atoms with E-state index in [1.54, 1.807) is 37.3 Å². The molecule has 0 atom stereocenters. The predicted molar refractivity (Wildman–Crippen MR) is 101 cm³/mol. The lowest BCUT2D eigenvalue weighted by Crippen LogP contribution is -2.37. The Bertz CT molecular complexity index is 823. The van der Waals surface area contributed by atoms with Crippen molar-refractivity contribution in [2.24, 2.45) is 0 Å². The lowest BCUT2D eigenvalue weighted by Gasteiger charge is -2.20. The molecule has 0 saturated carbocycles. The van der Waals surface area contributed by atoms with Crippen molar-refractivity contribution in [3.05, 3.63) is 57.5 Å². The van der Waals surface area contributed by atoms with E-state index in [0.29, 0.717) is 5.69 Å². The van der Waals surface area contributed by atoms with Gasteiger partial charge in [-0.1, -0.05) is 44.8 Å². The van der Waals surface area contributed by atoms with Crippen molar-refractivity contribution in [3.8, 4) is 0 Å². The highest BCUT2D eigenvalue weighted by Crippen LogP contribution is 2.19. The highest BCUT2D eigenvalue weighted by atomic mass is 79.9. The second-order valence-electron chi connectivity index (χ2n) is 4.94. The number of amides is 1. The maximum atomic E-state index is 12.6. The Morgan fingerprint density at radius 2 is 1.75 bits per heavy atom. The first-order valence-electron chi connectivity index (χ1n) is 7.14. The minimum absolute atomic E-state index is 0.155. The number of rotatable bonds is 6. The maximum absolute atomic E-state index is 12.6. The Hall–Kier alpha value is -1.22. The van der Waals surface area contributed by atoms with Crippen LogP contribution in [-0.4, -0.2) is 31.7 Å². The molecule has 0 bridgehead atoms. The molecule has 2 aromatic rings. The first-order chi connectivity index (χ1) is 11.3. The van der Waals surface area contributed by atoms with E-state index >= 15 is 0 Å². The molecule has 8 heteroatoms. The Morgan fingerprint density at radius 3 is 2.33 bits per heavy atom. The number of hydrogen-bond acceptors (Lipinski definition) is 3. The predicted octanol–water partition coefficient (Wildman–Crippen LogP) is 3.86. The molecular weight excluding hydrogens is 460 g/mol. The standard InChI is InChI=1S/C16H16Br2N2O3S/c1-2-20(24(22,23)15-8-6-12(17)7-9-15)11-16(21)19-14-5-3-4-13(18)10-14/h3-10H,2,11H2,1H3,(H,19,21). The third kappa shape index (κ3) is 4.89. The van der Waals surface area contributed by atoms with Gasteiger partial charge in [-0.15, -0.1) is 0 Å². The van der Waals surface area contributed by atoms with Crippen LogP contribution < -0.4 is 5.32 Å². The summed E-state index contributed by atoms with van der Waals surface area (Å²) >= 11 is 6.60. The van der Waals surface area contributed by atoms with Gasteiger partial charge in [0.25, 0.3) is 0 Å². The molecule has 0 aliphatic carbocycles. The normalized spacial score (nSPS) is 11.5. The van der Waals surface area contributed by atoms with Crippen LogP contribution in [0.5, 0.6) is 0 Å². The molecule has 0 heterocycles. The van der Waals surface area contributed by atoms with Crippen molar-refractivity contribution in [3.63, 3.8) is 0 Å². The van der Waals surface area contributed by atoms with E-state index in [-0.39, 0.29) is 18.0 Å². The highest BCUT2D eigenvalue weighted by Gasteiger charge is 2.25. The van der Waals surface area contributed by atoms with Gasteiger partial charge in [0.15, 0.2) is 0 Å². The van der Waals surface area contributed by atoms with Crippen LogP contribution in [0.2, 0.25) is 0 Å². The van der Waals surface area contributed by atoms with E-state index in [0.717, 1.165) is 13.3 Å². The zero-order valence-electron chi connectivity index (χ0n) is 12.9. The first kappa shape index (κ1) is 19.1. The summed E-state index contributed by atoms with van der Waals surface area (Å²) in [6.07, 6.45) is 0. The number of nitrogens with zero attached hydrogens (tertiary/aromatic N) is 1. The van der Waals surface area contributed by atoms with Gasteiger partial charge in [-0.25, -0.2) is 8.42 Å². The number of benzene rings is 2. The number of likely N-dealkylation sites (N-methyl/N-ethyl adjacent to an activating group) is 1. The molecule has 128 valence electrons. The van der Waals surface area contributed by atoms with Gasteiger partial charge in [0.1, 0.15) is 0 Å². The summed E-state index contributed by atoms with van der Waals surface area (Å²) in [7, 11) is -3.72. The van der Waals surface area contributed by atoms with Crippen LogP contribution in [-0.2, 0) is 14.8 Å². The van der Waals surface area contributed by atoms with Crippen molar-refractivity contribution in [1.82, 2.24) is 4.31 Å². The monoisotopic (exact) mass is 474 g/mol. The van der Waals surface area contributed by atoms with Gasteiger partial charge in [-0.3, -0.25) is 4.79 Å². The second-order valence-corrected chi connectivity index (χ2v) is 8.71. The average molecular weight is 476 g/mol. The van der Waals surface area contributed by atoms with Crippen LogP contribution in [0.1, 0.15) is 6.92 Å². The summed E-state index contributed by atoms with van der Waals surface area (Å²) in [5.74, 6) is -0.393. The summed E-state index contributed by atoms with van der Waals surface area (Å²) < 4.78 is 28.0. The van der Waals surface area contributed by atoms with E-state index in [2.05, 4.69) is 37.2 Å². The van der Waals surface area contributed by atoms with Gasteiger partial charge >= 0.3 is 0 Å². The molecule has 0 aliphatic heterocycles. The van der Waals surface area contributed by atoms with Crippen LogP contribution in [0, 0.1) is 0 Å². The number of sulfonamides is 1. The molecular formula is C16H16Br2N2O3S. The molecule has 2 rings (SSSR count). The Kier molecular flexibility index (Phi) is 6.56. The van der Waals surface area contributed by atoms with Gasteiger partial charge in [-0.2, -0.15) is 4.31 Å². The number of carbonyl (C=O) groups is 1. The fraction of sp³-hybridized carbons (Fsp3) is 0.188. The van der Waals surface area contributed by atoms with E-state index in [1.807, 2.05) is 6.07 Å². The smallest absolute Gasteiger partial charge is 0.243 e. The molecule has 0 aliphatic rings. The van der Waals surface area contributed by atoms with Crippen molar-refractivity contribution < 1.29 is 13.2 Å². The van der Waals surface area contributed by atoms with Gasteiger partial charge < -0.3 is 5.32 Å². The second kappa shape index (κ2) is 8.24. The topological polar surface area (TPSA) is 66.5 Å². The van der Waals surface area contributed by atoms with E-state index < -0.39 is 15.9 Å². The molecule has 2 aromatic carbocycles. The van der Waals surface area contributed by atoms with E-state index in [4.69, 9.17) is 0 Å². The largest absolute Gasteiger partial charge is 0.325 e. The van der Waals surface area contributed by atoms with Crippen LogP contribution in [0.3, 0.4) is 0 Å². The minimum Gasteiger partial charge on any atom is -0.325 e. The molecule has 24 heavy (non-hydrogen) atoms. The van der Waals surface area contributed by atoms with E-state index in [9.17, 15) is 13.2 Å². The van der Waals surface area contributed by atoms with Gasteiger partial charge in [0, 0.05) is 21.2 Å². The van der Waals surface area contributed by atoms with Crippen molar-refractivity contribution >= 4 is 53.5 Å². The van der Waals surface area contributed by atoms with Crippen LogP contribution >= 0.6 is 31.9 Å². The number of halogens is 2. The molecule has 1 amide bonds. The molecule has 5 nitrogen and oxygen atoms in total. The summed E-state index contributed by atoms with van der Waals surface area (Å²) in [5.41, 5.74) is 0.603. The van der Waals surface area contributed by atoms with E-state index in [1.165, 1.54) is 12.1 Å². The molecule has 0 unspecified atom stereocenters. The Morgan fingerprint density at radius 1 is 1.08 bits per heavy atom. The highest BCUT2D eigenvalue weighted by molar-refractivity contribution is 9.10. The SMILES string of the molecule is CCN(CC(=O)Nc1cccc(Br)c1)S(=O)(=O)c1ccc(Br)cc1. The molecule has 0 aromatic heterocycles. The van der Waals surface area contributed by atoms with Crippen LogP contribution in [0.25, 0.3) is 0 Å². The summed E-state index contributed by atoms with van der Waals surface area (Å²) in [5, 5.41) is 2.70. The zero-order valence-corrected chi connectivity index (χ0v) is 16.9. The zero-order chi connectivity index (χ0) is 17.7. The Labute approximate surface area is 158 Å². The number of nitrogens with one attached hydrogen (secondary N) is 1. The van der Waals surface area contributed by atoms with Gasteiger partial charge in [-0.05, 0) is 42.5 Å². The minimum atomic E-state index is -3.72. The number of hydrogen-bond donors (Lipinski definition) is 1. The number of anilines is 1. The van der Waals surface area contributed by atoms with Gasteiger partial charge in [0.05, 0.1) is 11.4 Å². The first-order valence-corrected chi connectivity index (χ1v) is 10.2. The van der Waals surface area contributed by atoms with Crippen molar-refractivity contribution in [2.45, 2.75) is 11.8 Å². The summed E-state index contributed by atoms with van der Waals surface area (Å²) in [6, 6.07) is 13.4. The fourth-order valence-electron chi connectivity index (χ4n) is 2.05. The molecule has 0 radical (unpaired) electrons. The summed E-state index contributed by atoms with van der Waals surface area (Å²) in [6.45, 7) is 1.65. The lowest BCUT2D eigenvalue weighted by molar-refractivity contribution is -0.116. The molecule has 0 spiro atoms. The average Bonchev–Trinajstić information content (AvgIpc) is 2.53. The third-order valence-electron chi connectivity index (χ3n) is 3.23. The quantitative estimate of drug-likeness (QED) is 0.689.